The van der Waals surface area contributed by atoms with E-state index in [1.165, 1.54) is 22.3 Å². The fraction of sp³-hybridized carbons (Fsp3) is 0.333. The van der Waals surface area contributed by atoms with Gasteiger partial charge in [-0.05, 0) is 48.4 Å². The van der Waals surface area contributed by atoms with Crippen molar-refractivity contribution in [3.05, 3.63) is 64.7 Å². The molecule has 0 bridgehead atoms. The third-order valence-corrected chi connectivity index (χ3v) is 3.93. The van der Waals surface area contributed by atoms with Gasteiger partial charge in [-0.3, -0.25) is 0 Å². The Balaban J connectivity index is 1.92. The Morgan fingerprint density at radius 3 is 2.68 bits per heavy atom. The number of hydrogen-bond donors (Lipinski definition) is 0. The van der Waals surface area contributed by atoms with Crippen LogP contribution in [0.5, 0.6) is 5.75 Å². The first kappa shape index (κ1) is 12.3. The summed E-state index contributed by atoms with van der Waals surface area (Å²) in [4.78, 5) is 0. The van der Waals surface area contributed by atoms with Crippen molar-refractivity contribution in [3.63, 3.8) is 0 Å². The van der Waals surface area contributed by atoms with Crippen LogP contribution in [0.25, 0.3) is 0 Å². The Morgan fingerprint density at radius 1 is 1.16 bits per heavy atom. The van der Waals surface area contributed by atoms with Crippen LogP contribution >= 0.6 is 0 Å². The van der Waals surface area contributed by atoms with Crippen LogP contribution in [0.3, 0.4) is 0 Å². The van der Waals surface area contributed by atoms with Gasteiger partial charge in [-0.2, -0.15) is 0 Å². The summed E-state index contributed by atoms with van der Waals surface area (Å²) in [6.45, 7) is 4.36. The minimum atomic E-state index is 0.208. The van der Waals surface area contributed by atoms with E-state index in [0.29, 0.717) is 0 Å². The first-order valence-electron chi connectivity index (χ1n) is 7.12. The fourth-order valence-corrected chi connectivity index (χ4v) is 2.88. The smallest absolute Gasteiger partial charge is 0.126 e. The van der Waals surface area contributed by atoms with E-state index in [-0.39, 0.29) is 6.10 Å². The van der Waals surface area contributed by atoms with Gasteiger partial charge in [-0.15, -0.1) is 0 Å². The van der Waals surface area contributed by atoms with Gasteiger partial charge in [0.25, 0.3) is 0 Å². The summed E-state index contributed by atoms with van der Waals surface area (Å²) in [6.07, 6.45) is 3.49. The summed E-state index contributed by atoms with van der Waals surface area (Å²) in [6, 6.07) is 15.1. The first-order chi connectivity index (χ1) is 9.28. The molecule has 19 heavy (non-hydrogen) atoms. The van der Waals surface area contributed by atoms with Crippen LogP contribution in [0.4, 0.5) is 0 Å². The predicted octanol–water partition coefficient (Wildman–Crippen LogP) is 4.62. The standard InChI is InChI=1S/C18H20O/c1-3-14-11-13(2)18-16(12-14)9-10-17(19-18)15-7-5-4-6-8-15/h4-8,11-12,17H,3,9-10H2,1-2H3. The van der Waals surface area contributed by atoms with E-state index in [2.05, 4.69) is 56.3 Å². The second-order valence-electron chi connectivity index (χ2n) is 5.31. The van der Waals surface area contributed by atoms with E-state index >= 15 is 0 Å². The van der Waals surface area contributed by atoms with Gasteiger partial charge < -0.3 is 4.74 Å². The number of rotatable bonds is 2. The highest BCUT2D eigenvalue weighted by Gasteiger charge is 2.22. The highest BCUT2D eigenvalue weighted by Crippen LogP contribution is 2.37. The normalized spacial score (nSPS) is 17.7. The molecule has 0 aliphatic carbocycles. The Bertz CT molecular complexity index is 572. The number of aryl methyl sites for hydroxylation is 3. The Morgan fingerprint density at radius 2 is 1.95 bits per heavy atom. The average Bonchev–Trinajstić information content (AvgIpc) is 2.47. The van der Waals surface area contributed by atoms with Crippen molar-refractivity contribution in [2.45, 2.75) is 39.2 Å². The van der Waals surface area contributed by atoms with Crippen LogP contribution in [0.1, 0.15) is 41.7 Å². The van der Waals surface area contributed by atoms with Gasteiger partial charge in [0.15, 0.2) is 0 Å². The van der Waals surface area contributed by atoms with Crippen molar-refractivity contribution in [2.24, 2.45) is 0 Å². The average molecular weight is 252 g/mol. The van der Waals surface area contributed by atoms with E-state index < -0.39 is 0 Å². The van der Waals surface area contributed by atoms with Crippen LogP contribution in [0.2, 0.25) is 0 Å². The molecule has 0 saturated heterocycles. The molecule has 0 aromatic heterocycles. The van der Waals surface area contributed by atoms with Gasteiger partial charge in [0, 0.05) is 0 Å². The maximum atomic E-state index is 6.25. The van der Waals surface area contributed by atoms with Gasteiger partial charge in [0.1, 0.15) is 11.9 Å². The van der Waals surface area contributed by atoms with Crippen molar-refractivity contribution in [3.8, 4) is 5.75 Å². The van der Waals surface area contributed by atoms with Crippen molar-refractivity contribution in [1.82, 2.24) is 0 Å². The molecule has 1 atom stereocenters. The monoisotopic (exact) mass is 252 g/mol. The van der Waals surface area contributed by atoms with E-state index in [1.54, 1.807) is 0 Å². The zero-order valence-electron chi connectivity index (χ0n) is 11.6. The second kappa shape index (κ2) is 5.08. The van der Waals surface area contributed by atoms with E-state index in [4.69, 9.17) is 4.74 Å². The maximum Gasteiger partial charge on any atom is 0.126 e. The summed E-state index contributed by atoms with van der Waals surface area (Å²) in [5, 5.41) is 0. The molecule has 1 nitrogen and oxygen atoms in total. The highest BCUT2D eigenvalue weighted by atomic mass is 16.5. The van der Waals surface area contributed by atoms with Gasteiger partial charge in [0.05, 0.1) is 0 Å². The molecule has 2 aromatic carbocycles. The van der Waals surface area contributed by atoms with Gasteiger partial charge >= 0.3 is 0 Å². The number of benzene rings is 2. The van der Waals surface area contributed by atoms with Crippen LogP contribution in [0, 0.1) is 6.92 Å². The third kappa shape index (κ3) is 2.37. The largest absolute Gasteiger partial charge is 0.485 e. The van der Waals surface area contributed by atoms with Crippen LogP contribution in [-0.2, 0) is 12.8 Å². The molecule has 1 aliphatic rings. The summed E-state index contributed by atoms with van der Waals surface area (Å²) in [5.74, 6) is 1.11. The van der Waals surface area contributed by atoms with E-state index in [9.17, 15) is 0 Å². The fourth-order valence-electron chi connectivity index (χ4n) is 2.88. The molecule has 1 heterocycles. The topological polar surface area (TPSA) is 9.23 Å². The molecule has 0 N–H and O–H groups in total. The molecule has 2 aromatic rings. The minimum absolute atomic E-state index is 0.208. The molecular weight excluding hydrogens is 232 g/mol. The Hall–Kier alpha value is -1.76. The minimum Gasteiger partial charge on any atom is -0.485 e. The van der Waals surface area contributed by atoms with Crippen molar-refractivity contribution in [1.29, 1.82) is 0 Å². The SMILES string of the molecule is CCc1cc(C)c2c(c1)CCC(c1ccccc1)O2. The van der Waals surface area contributed by atoms with E-state index in [1.807, 2.05) is 0 Å². The predicted molar refractivity (Wildman–Crippen MR) is 78.7 cm³/mol. The Kier molecular flexibility index (Phi) is 3.29. The first-order valence-corrected chi connectivity index (χ1v) is 7.12. The van der Waals surface area contributed by atoms with Gasteiger partial charge in [-0.1, -0.05) is 49.4 Å². The molecule has 3 rings (SSSR count). The lowest BCUT2D eigenvalue weighted by atomic mass is 9.94. The molecule has 0 saturated carbocycles. The summed E-state index contributed by atoms with van der Waals surface area (Å²) < 4.78 is 6.25. The summed E-state index contributed by atoms with van der Waals surface area (Å²) in [7, 11) is 0. The molecule has 0 spiro atoms. The zero-order chi connectivity index (χ0) is 13.2. The Labute approximate surface area is 115 Å². The lowest BCUT2D eigenvalue weighted by Gasteiger charge is -2.28. The molecule has 1 aliphatic heterocycles. The molecule has 98 valence electrons. The van der Waals surface area contributed by atoms with Crippen molar-refractivity contribution < 1.29 is 4.74 Å². The quantitative estimate of drug-likeness (QED) is 0.757. The van der Waals surface area contributed by atoms with Crippen LogP contribution in [0.15, 0.2) is 42.5 Å². The zero-order valence-corrected chi connectivity index (χ0v) is 11.6. The molecule has 0 fully saturated rings. The lowest BCUT2D eigenvalue weighted by Crippen LogP contribution is -2.16. The van der Waals surface area contributed by atoms with Gasteiger partial charge in [0.2, 0.25) is 0 Å². The number of fused-ring (bicyclic) bond motifs is 1. The summed E-state index contributed by atoms with van der Waals surface area (Å²) >= 11 is 0. The number of hydrogen-bond acceptors (Lipinski definition) is 1. The van der Waals surface area contributed by atoms with Crippen LogP contribution < -0.4 is 4.74 Å². The lowest BCUT2D eigenvalue weighted by molar-refractivity contribution is 0.175. The molecule has 1 heteroatoms. The highest BCUT2D eigenvalue weighted by molar-refractivity contribution is 5.46. The third-order valence-electron chi connectivity index (χ3n) is 3.93. The molecular formula is C18H20O. The van der Waals surface area contributed by atoms with Crippen molar-refractivity contribution >= 4 is 0 Å². The van der Waals surface area contributed by atoms with Crippen molar-refractivity contribution in [2.75, 3.05) is 0 Å². The summed E-state index contributed by atoms with van der Waals surface area (Å²) in [5.41, 5.74) is 5.35. The van der Waals surface area contributed by atoms with E-state index in [0.717, 1.165) is 25.0 Å². The number of ether oxygens (including phenoxy) is 1. The molecule has 0 amide bonds. The molecule has 1 unspecified atom stereocenters. The second-order valence-corrected chi connectivity index (χ2v) is 5.31. The van der Waals surface area contributed by atoms with Gasteiger partial charge in [-0.25, -0.2) is 0 Å². The molecule has 0 radical (unpaired) electrons. The van der Waals surface area contributed by atoms with Crippen LogP contribution in [-0.4, -0.2) is 0 Å². The maximum absolute atomic E-state index is 6.25.